The SMILES string of the molecule is NNc1nc(-c2ccc(Br)s2)nc2c1CCC2. The van der Waals surface area contributed by atoms with Crippen molar-refractivity contribution in [2.75, 3.05) is 5.43 Å². The Kier molecular flexibility index (Phi) is 2.85. The van der Waals surface area contributed by atoms with Crippen molar-refractivity contribution in [3.8, 4) is 10.7 Å². The van der Waals surface area contributed by atoms with E-state index in [1.165, 1.54) is 5.56 Å². The van der Waals surface area contributed by atoms with E-state index >= 15 is 0 Å². The molecule has 2 aromatic heterocycles. The van der Waals surface area contributed by atoms with Crippen molar-refractivity contribution >= 4 is 33.1 Å². The molecule has 88 valence electrons. The van der Waals surface area contributed by atoms with Gasteiger partial charge in [0, 0.05) is 11.3 Å². The Morgan fingerprint density at radius 3 is 2.88 bits per heavy atom. The molecule has 4 nitrogen and oxygen atoms in total. The van der Waals surface area contributed by atoms with Gasteiger partial charge in [0.15, 0.2) is 5.82 Å². The fourth-order valence-corrected chi connectivity index (χ4v) is 3.42. The molecule has 0 saturated carbocycles. The van der Waals surface area contributed by atoms with Crippen LogP contribution in [0.1, 0.15) is 17.7 Å². The van der Waals surface area contributed by atoms with E-state index < -0.39 is 0 Å². The van der Waals surface area contributed by atoms with Gasteiger partial charge in [-0.3, -0.25) is 0 Å². The standard InChI is InChI=1S/C11H11BrN4S/c12-9-5-4-8(17-9)11-14-7-3-1-2-6(7)10(15-11)16-13/h4-5H,1-3,13H2,(H,14,15,16). The van der Waals surface area contributed by atoms with Crippen LogP contribution in [0.5, 0.6) is 0 Å². The van der Waals surface area contributed by atoms with Crippen LogP contribution in [-0.4, -0.2) is 9.97 Å². The normalized spacial score (nSPS) is 13.8. The lowest BCUT2D eigenvalue weighted by Crippen LogP contribution is -2.12. The molecule has 1 aliphatic carbocycles. The summed E-state index contributed by atoms with van der Waals surface area (Å²) in [5.74, 6) is 7.06. The summed E-state index contributed by atoms with van der Waals surface area (Å²) in [7, 11) is 0. The number of nitrogens with two attached hydrogens (primary N) is 1. The van der Waals surface area contributed by atoms with E-state index in [0.29, 0.717) is 0 Å². The number of hydrogen-bond acceptors (Lipinski definition) is 5. The maximum atomic E-state index is 5.53. The van der Waals surface area contributed by atoms with E-state index in [2.05, 4.69) is 31.3 Å². The molecule has 0 spiro atoms. The molecule has 1 aliphatic rings. The molecule has 2 aromatic rings. The lowest BCUT2D eigenvalue weighted by atomic mass is 10.2. The molecule has 6 heteroatoms. The molecule has 0 fully saturated rings. The summed E-state index contributed by atoms with van der Waals surface area (Å²) >= 11 is 5.08. The fraction of sp³-hybridized carbons (Fsp3) is 0.273. The van der Waals surface area contributed by atoms with Gasteiger partial charge in [-0.05, 0) is 47.3 Å². The monoisotopic (exact) mass is 310 g/mol. The lowest BCUT2D eigenvalue weighted by Gasteiger charge is -2.07. The van der Waals surface area contributed by atoms with E-state index in [4.69, 9.17) is 5.84 Å². The van der Waals surface area contributed by atoms with E-state index in [9.17, 15) is 0 Å². The summed E-state index contributed by atoms with van der Waals surface area (Å²) in [6, 6.07) is 4.03. The van der Waals surface area contributed by atoms with Crippen molar-refractivity contribution < 1.29 is 0 Å². The molecule has 0 aromatic carbocycles. The average molecular weight is 311 g/mol. The van der Waals surface area contributed by atoms with E-state index in [-0.39, 0.29) is 0 Å². The molecule has 0 radical (unpaired) electrons. The first-order valence-electron chi connectivity index (χ1n) is 5.40. The van der Waals surface area contributed by atoms with Crippen LogP contribution in [0.4, 0.5) is 5.82 Å². The van der Waals surface area contributed by atoms with E-state index in [0.717, 1.165) is 45.3 Å². The number of halogens is 1. The second-order valence-corrected chi connectivity index (χ2v) is 6.39. The highest BCUT2D eigenvalue weighted by Gasteiger charge is 2.19. The number of hydrogen-bond donors (Lipinski definition) is 2. The molecule has 0 atom stereocenters. The predicted octanol–water partition coefficient (Wildman–Crippen LogP) is 2.74. The van der Waals surface area contributed by atoms with Crippen LogP contribution in [0.2, 0.25) is 0 Å². The van der Waals surface area contributed by atoms with Crippen LogP contribution in [0.3, 0.4) is 0 Å². The summed E-state index contributed by atoms with van der Waals surface area (Å²) in [5, 5.41) is 0. The van der Waals surface area contributed by atoms with Gasteiger partial charge in [0.25, 0.3) is 0 Å². The molecule has 0 unspecified atom stereocenters. The van der Waals surface area contributed by atoms with Gasteiger partial charge in [-0.15, -0.1) is 11.3 Å². The van der Waals surface area contributed by atoms with Gasteiger partial charge in [0.05, 0.1) is 8.66 Å². The highest BCUT2D eigenvalue weighted by atomic mass is 79.9. The molecule has 17 heavy (non-hydrogen) atoms. The van der Waals surface area contributed by atoms with Gasteiger partial charge in [0.1, 0.15) is 5.82 Å². The van der Waals surface area contributed by atoms with Gasteiger partial charge >= 0.3 is 0 Å². The third-order valence-corrected chi connectivity index (χ3v) is 4.48. The molecule has 2 heterocycles. The Labute approximate surface area is 111 Å². The van der Waals surface area contributed by atoms with Crippen LogP contribution in [0, 0.1) is 0 Å². The first-order valence-corrected chi connectivity index (χ1v) is 7.01. The number of nitrogen functional groups attached to an aromatic ring is 1. The number of hydrazine groups is 1. The van der Waals surface area contributed by atoms with Crippen molar-refractivity contribution in [2.45, 2.75) is 19.3 Å². The number of rotatable bonds is 2. The Bertz CT molecular complexity index is 567. The summed E-state index contributed by atoms with van der Waals surface area (Å²) in [5.41, 5.74) is 4.99. The number of aromatic nitrogens is 2. The maximum absolute atomic E-state index is 5.53. The molecular weight excluding hydrogens is 300 g/mol. The summed E-state index contributed by atoms with van der Waals surface area (Å²) in [4.78, 5) is 10.2. The molecule has 0 saturated heterocycles. The number of fused-ring (bicyclic) bond motifs is 1. The van der Waals surface area contributed by atoms with Crippen molar-refractivity contribution in [1.82, 2.24) is 9.97 Å². The molecule has 3 rings (SSSR count). The number of aryl methyl sites for hydroxylation is 1. The summed E-state index contributed by atoms with van der Waals surface area (Å²) < 4.78 is 1.08. The fourth-order valence-electron chi connectivity index (χ4n) is 2.10. The van der Waals surface area contributed by atoms with Gasteiger partial charge < -0.3 is 5.43 Å². The Balaban J connectivity index is 2.12. The summed E-state index contributed by atoms with van der Waals surface area (Å²) in [6.45, 7) is 0. The van der Waals surface area contributed by atoms with Crippen molar-refractivity contribution in [3.63, 3.8) is 0 Å². The molecular formula is C11H11BrN4S. The first kappa shape index (κ1) is 11.1. The van der Waals surface area contributed by atoms with E-state index in [1.807, 2.05) is 12.1 Å². The van der Waals surface area contributed by atoms with Crippen LogP contribution in [0.15, 0.2) is 15.9 Å². The van der Waals surface area contributed by atoms with Gasteiger partial charge in [0.2, 0.25) is 0 Å². The molecule has 0 aliphatic heterocycles. The lowest BCUT2D eigenvalue weighted by molar-refractivity contribution is 0.900. The second kappa shape index (κ2) is 4.36. The van der Waals surface area contributed by atoms with Gasteiger partial charge in [-0.2, -0.15) is 0 Å². The first-order chi connectivity index (χ1) is 8.28. The van der Waals surface area contributed by atoms with Crippen LogP contribution in [0.25, 0.3) is 10.7 Å². The smallest absolute Gasteiger partial charge is 0.171 e. The quantitative estimate of drug-likeness (QED) is 0.661. The number of nitrogens with zero attached hydrogens (tertiary/aromatic N) is 2. The van der Waals surface area contributed by atoms with Crippen molar-refractivity contribution in [2.24, 2.45) is 5.84 Å². The largest absolute Gasteiger partial charge is 0.308 e. The minimum Gasteiger partial charge on any atom is -0.308 e. The molecule has 3 N–H and O–H groups in total. The number of thiophene rings is 1. The minimum absolute atomic E-state index is 0.759. The highest BCUT2D eigenvalue weighted by molar-refractivity contribution is 9.11. The molecule has 0 bridgehead atoms. The Morgan fingerprint density at radius 1 is 1.29 bits per heavy atom. The third-order valence-electron chi connectivity index (χ3n) is 2.86. The predicted molar refractivity (Wildman–Crippen MR) is 72.9 cm³/mol. The van der Waals surface area contributed by atoms with Gasteiger partial charge in [-0.1, -0.05) is 0 Å². The van der Waals surface area contributed by atoms with Crippen molar-refractivity contribution in [1.29, 1.82) is 0 Å². The number of anilines is 1. The Morgan fingerprint density at radius 2 is 2.18 bits per heavy atom. The highest BCUT2D eigenvalue weighted by Crippen LogP contribution is 2.33. The Hall–Kier alpha value is -0.980. The zero-order valence-corrected chi connectivity index (χ0v) is 11.4. The topological polar surface area (TPSA) is 63.8 Å². The second-order valence-electron chi connectivity index (χ2n) is 3.92. The van der Waals surface area contributed by atoms with Crippen LogP contribution >= 0.6 is 27.3 Å². The zero-order chi connectivity index (χ0) is 11.8. The van der Waals surface area contributed by atoms with Crippen LogP contribution < -0.4 is 11.3 Å². The third kappa shape index (κ3) is 1.96. The average Bonchev–Trinajstić information content (AvgIpc) is 2.95. The zero-order valence-electron chi connectivity index (χ0n) is 9.03. The van der Waals surface area contributed by atoms with E-state index in [1.54, 1.807) is 11.3 Å². The van der Waals surface area contributed by atoms with Gasteiger partial charge in [-0.25, -0.2) is 15.8 Å². The summed E-state index contributed by atoms with van der Waals surface area (Å²) in [6.07, 6.45) is 3.17. The minimum atomic E-state index is 0.759. The molecule has 0 amide bonds. The number of nitrogens with one attached hydrogen (secondary N) is 1. The maximum Gasteiger partial charge on any atom is 0.171 e. The van der Waals surface area contributed by atoms with Crippen molar-refractivity contribution in [3.05, 3.63) is 27.2 Å². The van der Waals surface area contributed by atoms with Crippen LogP contribution in [-0.2, 0) is 12.8 Å².